The van der Waals surface area contributed by atoms with Crippen molar-refractivity contribution < 1.29 is 14.3 Å². The van der Waals surface area contributed by atoms with Gasteiger partial charge in [0.15, 0.2) is 0 Å². The van der Waals surface area contributed by atoms with Crippen molar-refractivity contribution in [3.8, 4) is 5.75 Å². The van der Waals surface area contributed by atoms with E-state index in [1.807, 2.05) is 38.1 Å². The molecule has 25 heavy (non-hydrogen) atoms. The Morgan fingerprint density at radius 1 is 1.16 bits per heavy atom. The minimum atomic E-state index is -0.383. The predicted octanol–water partition coefficient (Wildman–Crippen LogP) is 3.96. The van der Waals surface area contributed by atoms with Crippen molar-refractivity contribution in [3.05, 3.63) is 48.0 Å². The number of methoxy groups -OCH3 is 1. The molecule has 6 nitrogen and oxygen atoms in total. The van der Waals surface area contributed by atoms with Crippen LogP contribution < -0.4 is 20.7 Å². The van der Waals surface area contributed by atoms with Gasteiger partial charge in [-0.1, -0.05) is 32.0 Å². The minimum absolute atomic E-state index is 0.0203. The van der Waals surface area contributed by atoms with Crippen molar-refractivity contribution in [2.45, 2.75) is 25.7 Å². The predicted molar refractivity (Wildman–Crippen MR) is 98.4 cm³/mol. The Morgan fingerprint density at radius 2 is 1.92 bits per heavy atom. The Bertz CT molecular complexity index is 830. The van der Waals surface area contributed by atoms with E-state index >= 15 is 0 Å². The normalized spacial score (nSPS) is 14.9. The number of hydrogen-bond acceptors (Lipinski definition) is 3. The molecule has 0 saturated carbocycles. The van der Waals surface area contributed by atoms with Gasteiger partial charge in [-0.15, -0.1) is 0 Å². The van der Waals surface area contributed by atoms with Gasteiger partial charge in [0.05, 0.1) is 12.8 Å². The fourth-order valence-corrected chi connectivity index (χ4v) is 3.04. The number of benzene rings is 2. The summed E-state index contributed by atoms with van der Waals surface area (Å²) in [5.74, 6) is 0.560. The molecule has 0 aliphatic carbocycles. The molecule has 3 amide bonds. The number of carbonyl (C=O) groups is 2. The topological polar surface area (TPSA) is 79.5 Å². The third-order valence-electron chi connectivity index (χ3n) is 4.24. The van der Waals surface area contributed by atoms with Crippen molar-refractivity contribution >= 4 is 29.0 Å². The van der Waals surface area contributed by atoms with Crippen LogP contribution in [0.25, 0.3) is 0 Å². The first-order chi connectivity index (χ1) is 11.9. The number of carbonyl (C=O) groups excluding carboxylic acids is 2. The van der Waals surface area contributed by atoms with Crippen LogP contribution in [0.15, 0.2) is 42.5 Å². The lowest BCUT2D eigenvalue weighted by Crippen LogP contribution is -2.32. The van der Waals surface area contributed by atoms with Crippen LogP contribution in [0.3, 0.4) is 0 Å². The average molecular weight is 339 g/mol. The SMILES string of the molecule is COc1ccccc1NC(=O)Nc1ccc2c(c1)NC(=O)CC2(C)C. The number of urea groups is 1. The number of rotatable bonds is 3. The van der Waals surface area contributed by atoms with Gasteiger partial charge in [-0.3, -0.25) is 4.79 Å². The molecule has 0 spiro atoms. The summed E-state index contributed by atoms with van der Waals surface area (Å²) in [7, 11) is 1.55. The van der Waals surface area contributed by atoms with E-state index in [4.69, 9.17) is 4.74 Å². The summed E-state index contributed by atoms with van der Waals surface area (Å²) in [5.41, 5.74) is 2.74. The fraction of sp³-hybridized carbons (Fsp3) is 0.263. The summed E-state index contributed by atoms with van der Waals surface area (Å²) < 4.78 is 5.22. The van der Waals surface area contributed by atoms with E-state index in [9.17, 15) is 9.59 Å². The van der Waals surface area contributed by atoms with Gasteiger partial charge in [-0.2, -0.15) is 0 Å². The van der Waals surface area contributed by atoms with E-state index in [0.717, 1.165) is 11.3 Å². The van der Waals surface area contributed by atoms with Gasteiger partial charge in [0.25, 0.3) is 0 Å². The zero-order valence-electron chi connectivity index (χ0n) is 14.5. The Labute approximate surface area is 146 Å². The lowest BCUT2D eigenvalue weighted by Gasteiger charge is -2.32. The maximum Gasteiger partial charge on any atom is 0.323 e. The third-order valence-corrected chi connectivity index (χ3v) is 4.24. The molecule has 3 N–H and O–H groups in total. The second-order valence-electron chi connectivity index (χ2n) is 6.65. The van der Waals surface area contributed by atoms with Crippen LogP contribution in [-0.4, -0.2) is 19.0 Å². The number of nitrogens with one attached hydrogen (secondary N) is 3. The average Bonchev–Trinajstić information content (AvgIpc) is 2.53. The van der Waals surface area contributed by atoms with Crippen LogP contribution >= 0.6 is 0 Å². The quantitative estimate of drug-likeness (QED) is 0.792. The van der Waals surface area contributed by atoms with Gasteiger partial charge in [0, 0.05) is 23.2 Å². The summed E-state index contributed by atoms with van der Waals surface area (Å²) >= 11 is 0. The van der Waals surface area contributed by atoms with Gasteiger partial charge < -0.3 is 20.7 Å². The second-order valence-corrected chi connectivity index (χ2v) is 6.65. The lowest BCUT2D eigenvalue weighted by molar-refractivity contribution is -0.117. The summed E-state index contributed by atoms with van der Waals surface area (Å²) in [6.07, 6.45) is 0.445. The highest BCUT2D eigenvalue weighted by Gasteiger charge is 2.31. The first kappa shape index (κ1) is 16.8. The molecule has 0 unspecified atom stereocenters. The van der Waals surface area contributed by atoms with Crippen LogP contribution in [0.2, 0.25) is 0 Å². The van der Waals surface area contributed by atoms with E-state index in [2.05, 4.69) is 16.0 Å². The minimum Gasteiger partial charge on any atom is -0.495 e. The zero-order valence-corrected chi connectivity index (χ0v) is 14.5. The molecule has 0 saturated heterocycles. The highest BCUT2D eigenvalue weighted by Crippen LogP contribution is 2.38. The first-order valence-electron chi connectivity index (χ1n) is 8.04. The van der Waals surface area contributed by atoms with Gasteiger partial charge in [-0.05, 0) is 29.8 Å². The standard InChI is InChI=1S/C19H21N3O3/c1-19(2)11-17(23)21-15-10-12(8-9-13(15)19)20-18(24)22-14-6-4-5-7-16(14)25-3/h4-10H,11H2,1-3H3,(H,21,23)(H2,20,22,24). The number of anilines is 3. The highest BCUT2D eigenvalue weighted by atomic mass is 16.5. The van der Waals surface area contributed by atoms with Crippen molar-refractivity contribution in [2.75, 3.05) is 23.1 Å². The molecular formula is C19H21N3O3. The van der Waals surface area contributed by atoms with Crippen molar-refractivity contribution in [1.29, 1.82) is 0 Å². The summed E-state index contributed by atoms with van der Waals surface area (Å²) in [4.78, 5) is 24.1. The van der Waals surface area contributed by atoms with Gasteiger partial charge in [-0.25, -0.2) is 4.79 Å². The van der Waals surface area contributed by atoms with Crippen LogP contribution in [0.1, 0.15) is 25.8 Å². The van der Waals surface area contributed by atoms with E-state index in [1.165, 1.54) is 0 Å². The highest BCUT2D eigenvalue weighted by molar-refractivity contribution is 6.02. The van der Waals surface area contributed by atoms with Crippen molar-refractivity contribution in [1.82, 2.24) is 0 Å². The summed E-state index contributed by atoms with van der Waals surface area (Å²) in [5, 5.41) is 8.40. The summed E-state index contributed by atoms with van der Waals surface area (Å²) in [6, 6.07) is 12.3. The molecule has 1 heterocycles. The first-order valence-corrected chi connectivity index (χ1v) is 8.04. The summed E-state index contributed by atoms with van der Waals surface area (Å²) in [6.45, 7) is 4.07. The second kappa shape index (κ2) is 6.47. The zero-order chi connectivity index (χ0) is 18.0. The van der Waals surface area contributed by atoms with E-state index in [-0.39, 0.29) is 17.4 Å². The van der Waals surface area contributed by atoms with Crippen LogP contribution in [0.4, 0.5) is 21.9 Å². The van der Waals surface area contributed by atoms with Gasteiger partial charge in [0.2, 0.25) is 5.91 Å². The van der Waals surface area contributed by atoms with Gasteiger partial charge in [0.1, 0.15) is 5.75 Å². The maximum atomic E-state index is 12.2. The smallest absolute Gasteiger partial charge is 0.323 e. The third kappa shape index (κ3) is 3.57. The monoisotopic (exact) mass is 339 g/mol. The van der Waals surface area contributed by atoms with Crippen LogP contribution in [0.5, 0.6) is 5.75 Å². The molecular weight excluding hydrogens is 318 g/mol. The molecule has 3 rings (SSSR count). The van der Waals surface area contributed by atoms with E-state index in [1.54, 1.807) is 25.3 Å². The molecule has 0 radical (unpaired) electrons. The Kier molecular flexibility index (Phi) is 4.35. The molecule has 1 aliphatic heterocycles. The number of hydrogen-bond donors (Lipinski definition) is 3. The van der Waals surface area contributed by atoms with E-state index < -0.39 is 0 Å². The number of amides is 3. The fourth-order valence-electron chi connectivity index (χ4n) is 3.04. The van der Waals surface area contributed by atoms with Crippen molar-refractivity contribution in [3.63, 3.8) is 0 Å². The van der Waals surface area contributed by atoms with Gasteiger partial charge >= 0.3 is 6.03 Å². The molecule has 0 atom stereocenters. The number of para-hydroxylation sites is 2. The largest absolute Gasteiger partial charge is 0.495 e. The Balaban J connectivity index is 1.76. The lowest BCUT2D eigenvalue weighted by atomic mass is 9.78. The molecule has 2 aromatic rings. The van der Waals surface area contributed by atoms with Crippen LogP contribution in [-0.2, 0) is 10.2 Å². The van der Waals surface area contributed by atoms with E-state index in [0.29, 0.717) is 23.5 Å². The Morgan fingerprint density at radius 3 is 2.68 bits per heavy atom. The molecule has 6 heteroatoms. The molecule has 0 fully saturated rings. The number of ether oxygens (including phenoxy) is 1. The van der Waals surface area contributed by atoms with Crippen LogP contribution in [0, 0.1) is 0 Å². The molecule has 130 valence electrons. The Hall–Kier alpha value is -3.02. The maximum absolute atomic E-state index is 12.2. The molecule has 0 aromatic heterocycles. The van der Waals surface area contributed by atoms with Crippen molar-refractivity contribution in [2.24, 2.45) is 0 Å². The molecule has 1 aliphatic rings. The number of fused-ring (bicyclic) bond motifs is 1. The molecule has 0 bridgehead atoms. The molecule has 2 aromatic carbocycles.